The number of rotatable bonds is 2. The summed E-state index contributed by atoms with van der Waals surface area (Å²) in [6.07, 6.45) is 0. The minimum Gasteiger partial charge on any atom is -0.772 e. The zero-order chi connectivity index (χ0) is 10.3. The second-order valence-electron chi connectivity index (χ2n) is 5.67. The van der Waals surface area contributed by atoms with Gasteiger partial charge in [-0.1, -0.05) is 0 Å². The molecule has 0 bridgehead atoms. The zero-order valence-electron chi connectivity index (χ0n) is 9.01. The molecule has 0 heterocycles. The minimum absolute atomic E-state index is 0. The van der Waals surface area contributed by atoms with Gasteiger partial charge in [0, 0.05) is 4.75 Å². The van der Waals surface area contributed by atoms with Crippen molar-refractivity contribution in [2.75, 3.05) is 7.11 Å². The maximum absolute atomic E-state index is 11.7. The third-order valence-corrected chi connectivity index (χ3v) is 7.76. The average molecular weight is 248 g/mol. The molecule has 1 unspecified atom stereocenters. The molecule has 0 aromatic rings. The fourth-order valence-corrected chi connectivity index (χ4v) is 7.89. The summed E-state index contributed by atoms with van der Waals surface area (Å²) in [6.45, 7) is 0. The summed E-state index contributed by atoms with van der Waals surface area (Å²) in [6, 6.07) is 0. The molecule has 16 heavy (non-hydrogen) atoms. The van der Waals surface area contributed by atoms with Crippen molar-refractivity contribution in [1.82, 2.24) is 0 Å². The van der Waals surface area contributed by atoms with Crippen molar-refractivity contribution < 1.29 is 47.9 Å². The number of hydrogen-bond donors (Lipinski definition) is 0. The van der Waals surface area contributed by atoms with Gasteiger partial charge in [-0.25, -0.2) is 0 Å². The van der Waals surface area contributed by atoms with Crippen LogP contribution in [0.1, 0.15) is 0 Å². The summed E-state index contributed by atoms with van der Waals surface area (Å²) in [4.78, 5) is 11.7. The number of hydrogen-bond acceptors (Lipinski definition) is 4. The van der Waals surface area contributed by atoms with Crippen LogP contribution in [0.25, 0.3) is 0 Å². The van der Waals surface area contributed by atoms with Gasteiger partial charge in [0.05, 0.1) is 12.5 Å². The summed E-state index contributed by atoms with van der Waals surface area (Å²) in [5, 5.41) is 0. The van der Waals surface area contributed by atoms with Crippen LogP contribution in [0.4, 0.5) is 0 Å². The summed E-state index contributed by atoms with van der Waals surface area (Å²) >= 11 is -1.92. The van der Waals surface area contributed by atoms with Gasteiger partial charge in [-0.3, -0.25) is 9.00 Å². The number of carbonyl (C=O) groups excluding carboxylic acids is 1. The number of carbonyl (C=O) groups is 1. The zero-order valence-corrected chi connectivity index (χ0v) is 11.8. The van der Waals surface area contributed by atoms with Gasteiger partial charge in [-0.05, 0) is 46.6 Å². The Hall–Kier alpha value is 0.580. The van der Waals surface area contributed by atoms with E-state index in [0.29, 0.717) is 35.5 Å². The van der Waals surface area contributed by atoms with Crippen molar-refractivity contribution in [3.8, 4) is 0 Å². The topological polar surface area (TPSA) is 66.4 Å². The number of methoxy groups -OCH3 is 1. The second-order valence-corrected chi connectivity index (χ2v) is 6.84. The fraction of sp³-hybridized carbons (Fsp3) is 0.900. The van der Waals surface area contributed by atoms with E-state index in [2.05, 4.69) is 0 Å². The van der Waals surface area contributed by atoms with Crippen LogP contribution in [0.3, 0.4) is 0 Å². The number of esters is 1. The molecule has 0 saturated heterocycles. The normalized spacial score (nSPS) is 70.1. The molecular formula is C10H9NaO4S. The Kier molecular flexibility index (Phi) is 1.54. The summed E-state index contributed by atoms with van der Waals surface area (Å²) in [5.41, 5.74) is -0.199. The van der Waals surface area contributed by atoms with E-state index in [1.807, 2.05) is 0 Å². The first-order chi connectivity index (χ1) is 7.16. The van der Waals surface area contributed by atoms with Crippen molar-refractivity contribution in [3.63, 3.8) is 0 Å². The predicted octanol–water partition coefficient (Wildman–Crippen LogP) is -3.47. The molecule has 0 amide bonds. The fourth-order valence-electron chi connectivity index (χ4n) is 6.35. The van der Waals surface area contributed by atoms with Gasteiger partial charge in [0.2, 0.25) is 0 Å². The smallest absolute Gasteiger partial charge is 0.772 e. The van der Waals surface area contributed by atoms with E-state index in [1.165, 1.54) is 7.11 Å². The largest absolute Gasteiger partial charge is 1.00 e. The third kappa shape index (κ3) is 0.483. The van der Waals surface area contributed by atoms with E-state index in [1.54, 1.807) is 0 Å². The van der Waals surface area contributed by atoms with E-state index < -0.39 is 11.1 Å². The van der Waals surface area contributed by atoms with Crippen LogP contribution in [0.2, 0.25) is 0 Å². The first kappa shape index (κ1) is 10.5. The molecule has 0 radical (unpaired) electrons. The van der Waals surface area contributed by atoms with Gasteiger partial charge in [0.25, 0.3) is 0 Å². The summed E-state index contributed by atoms with van der Waals surface area (Å²) in [5.74, 6) is 1.96. The molecule has 0 N–H and O–H groups in total. The molecule has 80 valence electrons. The van der Waals surface area contributed by atoms with Crippen molar-refractivity contribution in [2.24, 2.45) is 40.9 Å². The molecule has 6 aliphatic rings. The average Bonchev–Trinajstić information content (AvgIpc) is 2.27. The van der Waals surface area contributed by atoms with Crippen LogP contribution >= 0.6 is 0 Å². The van der Waals surface area contributed by atoms with Gasteiger partial charge in [0.1, 0.15) is 0 Å². The molecule has 6 fully saturated rings. The summed E-state index contributed by atoms with van der Waals surface area (Å²) in [7, 11) is 1.44. The molecule has 6 saturated carbocycles. The Labute approximate surface area is 117 Å². The van der Waals surface area contributed by atoms with Gasteiger partial charge in [-0.15, -0.1) is 0 Å². The van der Waals surface area contributed by atoms with E-state index >= 15 is 0 Å². The Bertz CT molecular complexity index is 422. The van der Waals surface area contributed by atoms with E-state index in [-0.39, 0.29) is 45.7 Å². The van der Waals surface area contributed by atoms with Crippen LogP contribution in [-0.2, 0) is 20.6 Å². The molecule has 0 aromatic carbocycles. The quantitative estimate of drug-likeness (QED) is 0.289. The van der Waals surface area contributed by atoms with Crippen molar-refractivity contribution in [2.45, 2.75) is 4.75 Å². The van der Waals surface area contributed by atoms with Crippen molar-refractivity contribution in [3.05, 3.63) is 0 Å². The molecule has 0 aliphatic heterocycles. The standard InChI is InChI=1S/C10H10O4S.Na/c1-14-8(11)9-2-5-3(9)7-4(9)6(2)10(5,7)15(12)13;/h2-7H,1H3,(H,12,13);/q;+1/p-1. The van der Waals surface area contributed by atoms with E-state index in [9.17, 15) is 13.6 Å². The SMILES string of the molecule is COC(=O)C12C3C4C1C1C2C3C41S(=O)[O-].[Na+]. The van der Waals surface area contributed by atoms with E-state index in [4.69, 9.17) is 4.74 Å². The maximum atomic E-state index is 11.7. The Morgan fingerprint density at radius 2 is 1.62 bits per heavy atom. The first-order valence-corrected chi connectivity index (χ1v) is 6.41. The molecule has 0 aromatic heterocycles. The molecule has 4 nitrogen and oxygen atoms in total. The Morgan fingerprint density at radius 3 is 1.94 bits per heavy atom. The molecular weight excluding hydrogens is 239 g/mol. The van der Waals surface area contributed by atoms with Crippen molar-refractivity contribution >= 4 is 17.0 Å². The van der Waals surface area contributed by atoms with Gasteiger partial charge < -0.3 is 9.29 Å². The van der Waals surface area contributed by atoms with Crippen LogP contribution in [0.15, 0.2) is 0 Å². The number of ether oxygens (including phenoxy) is 1. The molecule has 6 rings (SSSR count). The van der Waals surface area contributed by atoms with Gasteiger partial charge in [-0.2, -0.15) is 0 Å². The maximum Gasteiger partial charge on any atom is 1.00 e. The Morgan fingerprint density at radius 1 is 1.19 bits per heavy atom. The molecule has 1 atom stereocenters. The predicted molar refractivity (Wildman–Crippen MR) is 47.0 cm³/mol. The first-order valence-electron chi connectivity index (χ1n) is 5.34. The van der Waals surface area contributed by atoms with Gasteiger partial charge in [0.15, 0.2) is 0 Å². The third-order valence-electron chi connectivity index (χ3n) is 6.37. The molecule has 6 heteroatoms. The van der Waals surface area contributed by atoms with Crippen LogP contribution < -0.4 is 29.6 Å². The molecule has 0 spiro atoms. The van der Waals surface area contributed by atoms with Crippen LogP contribution in [0.5, 0.6) is 0 Å². The van der Waals surface area contributed by atoms with Crippen LogP contribution in [-0.4, -0.2) is 26.6 Å². The molecule has 6 aliphatic carbocycles. The van der Waals surface area contributed by atoms with Crippen LogP contribution in [0, 0.1) is 40.9 Å². The van der Waals surface area contributed by atoms with E-state index in [0.717, 1.165) is 0 Å². The monoisotopic (exact) mass is 248 g/mol. The Balaban J connectivity index is 0.000000722. The van der Waals surface area contributed by atoms with Gasteiger partial charge >= 0.3 is 35.5 Å². The summed E-state index contributed by atoms with van der Waals surface area (Å²) < 4.78 is 26.9. The minimum atomic E-state index is -1.92. The second kappa shape index (κ2) is 2.35. The van der Waals surface area contributed by atoms with Crippen molar-refractivity contribution in [1.29, 1.82) is 0 Å².